The molecule has 7 nitrogen and oxygen atoms in total. The predicted octanol–water partition coefficient (Wildman–Crippen LogP) is 4.83. The van der Waals surface area contributed by atoms with Crippen LogP contribution in [-0.4, -0.2) is 51.4 Å². The van der Waals surface area contributed by atoms with Crippen molar-refractivity contribution >= 4 is 33.1 Å². The zero-order chi connectivity index (χ0) is 26.9. The molecule has 0 spiro atoms. The quantitative estimate of drug-likeness (QED) is 0.389. The Hall–Kier alpha value is -3.45. The first-order valence-electron chi connectivity index (χ1n) is 12.3. The minimum atomic E-state index is -4.07. The Kier molecular flexibility index (Phi) is 7.39. The first kappa shape index (κ1) is 26.2. The minimum Gasteiger partial charge on any atom is -0.485 e. The third-order valence-corrected chi connectivity index (χ3v) is 8.86. The van der Waals surface area contributed by atoms with E-state index in [0.717, 1.165) is 25.9 Å². The molecule has 0 aliphatic carbocycles. The van der Waals surface area contributed by atoms with E-state index in [-0.39, 0.29) is 39.7 Å². The number of benzene rings is 3. The lowest BCUT2D eigenvalue weighted by Crippen LogP contribution is -2.48. The monoisotopic (exact) mass is 553 g/mol. The summed E-state index contributed by atoms with van der Waals surface area (Å²) >= 11 is 6.07. The number of anilines is 1. The van der Waals surface area contributed by atoms with Crippen molar-refractivity contribution in [2.45, 2.75) is 30.3 Å². The van der Waals surface area contributed by atoms with Crippen LogP contribution in [0.5, 0.6) is 5.75 Å². The van der Waals surface area contributed by atoms with Gasteiger partial charge in [-0.05, 0) is 74.0 Å². The van der Waals surface area contributed by atoms with Crippen molar-refractivity contribution in [3.05, 3.63) is 88.2 Å². The second kappa shape index (κ2) is 10.7. The molecule has 2 aliphatic heterocycles. The highest BCUT2D eigenvalue weighted by atomic mass is 35.5. The van der Waals surface area contributed by atoms with Gasteiger partial charge < -0.3 is 4.74 Å². The molecule has 2 aliphatic rings. The highest BCUT2D eigenvalue weighted by molar-refractivity contribution is 7.92. The molecule has 0 amide bonds. The van der Waals surface area contributed by atoms with E-state index in [1.54, 1.807) is 24.3 Å². The fraction of sp³-hybridized carbons (Fsp3) is 0.286. The zero-order valence-electron chi connectivity index (χ0n) is 20.4. The van der Waals surface area contributed by atoms with Crippen molar-refractivity contribution < 1.29 is 22.3 Å². The van der Waals surface area contributed by atoms with E-state index in [0.29, 0.717) is 17.9 Å². The Morgan fingerprint density at radius 3 is 2.61 bits per heavy atom. The van der Waals surface area contributed by atoms with Crippen molar-refractivity contribution in [1.82, 2.24) is 4.90 Å². The number of sulfonamides is 1. The van der Waals surface area contributed by atoms with E-state index < -0.39 is 27.7 Å². The SMILES string of the molecule is N#Cc1cccc(S(=O)(=O)N2C[C@H](CN3CCCC3)Oc3ccc(CC(=O)c4c(F)cccc4Cl)cc32)c1. The second-order valence-electron chi connectivity index (χ2n) is 9.42. The van der Waals surface area contributed by atoms with Gasteiger partial charge in [-0.25, -0.2) is 12.8 Å². The van der Waals surface area contributed by atoms with Crippen LogP contribution in [0.15, 0.2) is 65.6 Å². The second-order valence-corrected chi connectivity index (χ2v) is 11.7. The molecule has 3 aromatic rings. The number of nitrogens with zero attached hydrogens (tertiary/aromatic N) is 3. The van der Waals surface area contributed by atoms with Crippen molar-refractivity contribution in [3.8, 4) is 11.8 Å². The van der Waals surface area contributed by atoms with Gasteiger partial charge in [0.15, 0.2) is 5.78 Å². The lowest BCUT2D eigenvalue weighted by atomic mass is 10.0. The number of carbonyl (C=O) groups is 1. The molecular weight excluding hydrogens is 529 g/mol. The third kappa shape index (κ3) is 5.25. The van der Waals surface area contributed by atoms with Gasteiger partial charge >= 0.3 is 0 Å². The van der Waals surface area contributed by atoms with E-state index >= 15 is 0 Å². The zero-order valence-corrected chi connectivity index (χ0v) is 22.0. The fourth-order valence-corrected chi connectivity index (χ4v) is 6.75. The molecule has 0 unspecified atom stereocenters. The third-order valence-electron chi connectivity index (χ3n) is 6.77. The summed E-state index contributed by atoms with van der Waals surface area (Å²) < 4.78 is 49.5. The Morgan fingerprint density at radius 2 is 1.87 bits per heavy atom. The van der Waals surface area contributed by atoms with E-state index in [1.165, 1.54) is 40.7 Å². The number of nitriles is 1. The smallest absolute Gasteiger partial charge is 0.264 e. The number of ketones is 1. The van der Waals surface area contributed by atoms with Gasteiger partial charge in [-0.2, -0.15) is 5.26 Å². The first-order chi connectivity index (χ1) is 18.3. The van der Waals surface area contributed by atoms with Crippen LogP contribution in [0, 0.1) is 17.1 Å². The molecule has 196 valence electrons. The number of Topliss-reactive ketones (excluding diaryl/α,β-unsaturated/α-hetero) is 1. The average molecular weight is 554 g/mol. The Bertz CT molecular complexity index is 1510. The number of carbonyl (C=O) groups excluding carboxylic acids is 1. The van der Waals surface area contributed by atoms with Crippen molar-refractivity contribution in [1.29, 1.82) is 5.26 Å². The molecule has 5 rings (SSSR count). The van der Waals surface area contributed by atoms with Crippen LogP contribution in [0.3, 0.4) is 0 Å². The number of rotatable bonds is 7. The summed E-state index contributed by atoms with van der Waals surface area (Å²) in [7, 11) is -4.07. The average Bonchev–Trinajstić information content (AvgIpc) is 3.41. The number of fused-ring (bicyclic) bond motifs is 1. The molecule has 1 atom stereocenters. The van der Waals surface area contributed by atoms with Gasteiger partial charge in [0.2, 0.25) is 0 Å². The summed E-state index contributed by atoms with van der Waals surface area (Å²) in [5.41, 5.74) is 0.802. The highest BCUT2D eigenvalue weighted by Gasteiger charge is 2.36. The van der Waals surface area contributed by atoms with Gasteiger partial charge in [-0.15, -0.1) is 0 Å². The summed E-state index contributed by atoms with van der Waals surface area (Å²) in [5, 5.41) is 9.31. The summed E-state index contributed by atoms with van der Waals surface area (Å²) in [4.78, 5) is 15.2. The molecule has 1 saturated heterocycles. The number of likely N-dealkylation sites (tertiary alicyclic amines) is 1. The highest BCUT2D eigenvalue weighted by Crippen LogP contribution is 2.38. The Morgan fingerprint density at radius 1 is 1.11 bits per heavy atom. The number of hydrogen-bond acceptors (Lipinski definition) is 6. The molecule has 0 bridgehead atoms. The van der Waals surface area contributed by atoms with Crippen LogP contribution in [0.4, 0.5) is 10.1 Å². The van der Waals surface area contributed by atoms with Crippen molar-refractivity contribution in [2.24, 2.45) is 0 Å². The maximum Gasteiger partial charge on any atom is 0.264 e. The molecule has 3 aromatic carbocycles. The predicted molar refractivity (Wildman–Crippen MR) is 142 cm³/mol. The summed E-state index contributed by atoms with van der Waals surface area (Å²) in [6, 6.07) is 16.8. The van der Waals surface area contributed by atoms with E-state index in [1.807, 2.05) is 6.07 Å². The van der Waals surface area contributed by atoms with Gasteiger partial charge in [0.05, 0.1) is 39.3 Å². The molecule has 10 heteroatoms. The standard InChI is InChI=1S/C28H25ClFN3O4S/c29-23-7-4-8-24(30)28(23)26(34)15-19-9-10-27-25(14-19)33(18-21(37-27)17-32-11-1-2-12-32)38(35,36)22-6-3-5-20(13-22)16-31/h3-10,13-14,21H,1-2,11-12,15,17-18H2/t21-/m0/s1. The van der Waals surface area contributed by atoms with Crippen LogP contribution in [-0.2, 0) is 16.4 Å². The lowest BCUT2D eigenvalue weighted by Gasteiger charge is -2.37. The maximum atomic E-state index is 14.3. The lowest BCUT2D eigenvalue weighted by molar-refractivity contribution is 0.0989. The maximum absolute atomic E-state index is 14.3. The fourth-order valence-electron chi connectivity index (χ4n) is 4.93. The van der Waals surface area contributed by atoms with Crippen LogP contribution in [0.2, 0.25) is 5.02 Å². The van der Waals surface area contributed by atoms with Gasteiger partial charge in [0.1, 0.15) is 17.7 Å². The molecule has 0 aromatic heterocycles. The Balaban J connectivity index is 1.51. The van der Waals surface area contributed by atoms with E-state index in [4.69, 9.17) is 16.3 Å². The summed E-state index contributed by atoms with van der Waals surface area (Å²) in [6.07, 6.45) is 1.60. The number of ether oxygens (including phenoxy) is 1. The largest absolute Gasteiger partial charge is 0.485 e. The first-order valence-corrected chi connectivity index (χ1v) is 14.1. The minimum absolute atomic E-state index is 0.0102. The number of halogens is 2. The molecule has 0 N–H and O–H groups in total. The number of hydrogen-bond donors (Lipinski definition) is 0. The molecule has 0 saturated carbocycles. The van der Waals surface area contributed by atoms with Crippen molar-refractivity contribution in [2.75, 3.05) is 30.5 Å². The van der Waals surface area contributed by atoms with Gasteiger partial charge in [-0.3, -0.25) is 14.0 Å². The molecule has 1 fully saturated rings. The van der Waals surface area contributed by atoms with E-state index in [2.05, 4.69) is 4.90 Å². The van der Waals surface area contributed by atoms with Crippen LogP contribution in [0.25, 0.3) is 0 Å². The molecular formula is C28H25ClFN3O4S. The van der Waals surface area contributed by atoms with Crippen LogP contribution in [0.1, 0.15) is 34.3 Å². The summed E-state index contributed by atoms with van der Waals surface area (Å²) in [5.74, 6) is -0.858. The van der Waals surface area contributed by atoms with Crippen LogP contribution >= 0.6 is 11.6 Å². The van der Waals surface area contributed by atoms with Gasteiger partial charge in [0.25, 0.3) is 10.0 Å². The van der Waals surface area contributed by atoms with Crippen molar-refractivity contribution in [3.63, 3.8) is 0 Å². The topological polar surface area (TPSA) is 90.7 Å². The summed E-state index contributed by atoms with van der Waals surface area (Å²) in [6.45, 7) is 2.52. The van der Waals surface area contributed by atoms with E-state index in [9.17, 15) is 22.9 Å². The van der Waals surface area contributed by atoms with Gasteiger partial charge in [-0.1, -0.05) is 29.8 Å². The van der Waals surface area contributed by atoms with Crippen LogP contribution < -0.4 is 9.04 Å². The molecule has 0 radical (unpaired) electrons. The molecule has 38 heavy (non-hydrogen) atoms. The van der Waals surface area contributed by atoms with Gasteiger partial charge in [0, 0.05) is 13.0 Å². The normalized spacial score (nSPS) is 17.5. The molecule has 2 heterocycles. The Labute approximate surface area is 226 Å².